The fourth-order valence-corrected chi connectivity index (χ4v) is 7.62. The fraction of sp³-hybridized carbons (Fsp3) is 0.667. The molecule has 4 bridgehead atoms. The Balaban J connectivity index is 1.49. The number of nitrogens with one attached hydrogen (secondary N) is 1. The molecule has 0 radical (unpaired) electrons. The summed E-state index contributed by atoms with van der Waals surface area (Å²) in [6, 6.07) is 3.75. The fourth-order valence-electron chi connectivity index (χ4n) is 5.84. The van der Waals surface area contributed by atoms with Gasteiger partial charge in [-0.05, 0) is 81.9 Å². The molecule has 1 N–H and O–H groups in total. The van der Waals surface area contributed by atoms with E-state index in [0.717, 1.165) is 25.3 Å². The molecule has 2 atom stereocenters. The molecule has 1 amide bonds. The van der Waals surface area contributed by atoms with E-state index in [2.05, 4.69) is 5.32 Å². The van der Waals surface area contributed by atoms with E-state index in [1.165, 1.54) is 18.4 Å². The van der Waals surface area contributed by atoms with Crippen molar-refractivity contribution in [3.8, 4) is 5.75 Å². The molecule has 5 nitrogen and oxygen atoms in total. The molecule has 4 saturated carbocycles. The number of sulfone groups is 1. The molecule has 5 rings (SSSR count). The van der Waals surface area contributed by atoms with E-state index < -0.39 is 26.0 Å². The predicted octanol–water partition coefficient (Wildman–Crippen LogP) is 3.74. The minimum absolute atomic E-state index is 0.0412. The molecule has 0 aromatic heterocycles. The molecule has 2 unspecified atom stereocenters. The average Bonchev–Trinajstić information content (AvgIpc) is 2.59. The number of rotatable bonds is 5. The molecule has 29 heavy (non-hydrogen) atoms. The monoisotopic (exact) mass is 443 g/mol. The van der Waals surface area contributed by atoms with Crippen LogP contribution in [0.2, 0.25) is 5.02 Å². The van der Waals surface area contributed by atoms with Gasteiger partial charge in [0.25, 0.3) is 5.91 Å². The highest BCUT2D eigenvalue weighted by Gasteiger charge is 2.60. The van der Waals surface area contributed by atoms with E-state index in [1.807, 2.05) is 0 Å². The summed E-state index contributed by atoms with van der Waals surface area (Å²) in [6.07, 6.45) is 5.28. The first-order valence-corrected chi connectivity index (χ1v) is 12.3. The van der Waals surface area contributed by atoms with E-state index in [0.29, 0.717) is 18.8 Å². The predicted molar refractivity (Wildman–Crippen MR) is 109 cm³/mol. The minimum atomic E-state index is -3.13. The Kier molecular flexibility index (Phi) is 4.93. The van der Waals surface area contributed by atoms with Crippen molar-refractivity contribution >= 4 is 27.3 Å². The molecule has 1 aromatic rings. The zero-order valence-electron chi connectivity index (χ0n) is 16.9. The number of benzene rings is 1. The third-order valence-corrected chi connectivity index (χ3v) is 9.48. The molecule has 1 aromatic carbocycles. The Hall–Kier alpha value is -1.34. The van der Waals surface area contributed by atoms with Crippen molar-refractivity contribution in [2.45, 2.75) is 62.3 Å². The largest absolute Gasteiger partial charge is 0.476 e. The van der Waals surface area contributed by atoms with Crippen LogP contribution in [0.3, 0.4) is 0 Å². The molecule has 4 aliphatic carbocycles. The zero-order chi connectivity index (χ0) is 21.2. The SMILES string of the molecule is CC(C)(Oc1ccc(F)cc1Cl)C(=O)NC1C2CC3CC1CC(S(C)(=O)=O)(C3)C2. The molecule has 0 spiro atoms. The third kappa shape index (κ3) is 3.65. The van der Waals surface area contributed by atoms with E-state index in [9.17, 15) is 17.6 Å². The maximum atomic E-state index is 13.3. The highest BCUT2D eigenvalue weighted by molar-refractivity contribution is 7.92. The van der Waals surface area contributed by atoms with Crippen molar-refractivity contribution in [2.24, 2.45) is 17.8 Å². The molecule has 4 fully saturated rings. The first-order chi connectivity index (χ1) is 13.4. The van der Waals surface area contributed by atoms with Crippen LogP contribution in [0.1, 0.15) is 46.0 Å². The van der Waals surface area contributed by atoms with Gasteiger partial charge in [-0.3, -0.25) is 4.79 Å². The second-order valence-electron chi connectivity index (χ2n) is 9.61. The lowest BCUT2D eigenvalue weighted by Gasteiger charge is -2.59. The van der Waals surface area contributed by atoms with E-state index in [-0.39, 0.29) is 34.6 Å². The van der Waals surface area contributed by atoms with Gasteiger partial charge < -0.3 is 10.1 Å². The summed E-state index contributed by atoms with van der Waals surface area (Å²) in [5.41, 5.74) is -1.20. The third-order valence-electron chi connectivity index (χ3n) is 7.11. The van der Waals surface area contributed by atoms with Crippen LogP contribution in [0.4, 0.5) is 4.39 Å². The highest BCUT2D eigenvalue weighted by Crippen LogP contribution is 2.58. The van der Waals surface area contributed by atoms with Gasteiger partial charge in [0.2, 0.25) is 0 Å². The van der Waals surface area contributed by atoms with Gasteiger partial charge in [0.15, 0.2) is 15.4 Å². The number of halogens is 2. The van der Waals surface area contributed by atoms with Crippen LogP contribution in [0.15, 0.2) is 18.2 Å². The maximum absolute atomic E-state index is 13.3. The normalized spacial score (nSPS) is 33.6. The number of carbonyl (C=O) groups is 1. The molecule has 4 aliphatic rings. The van der Waals surface area contributed by atoms with Gasteiger partial charge >= 0.3 is 0 Å². The van der Waals surface area contributed by atoms with Crippen LogP contribution in [0.25, 0.3) is 0 Å². The zero-order valence-corrected chi connectivity index (χ0v) is 18.4. The molecule has 0 aliphatic heterocycles. The number of hydrogen-bond donors (Lipinski definition) is 1. The smallest absolute Gasteiger partial charge is 0.263 e. The first kappa shape index (κ1) is 20.9. The van der Waals surface area contributed by atoms with Gasteiger partial charge in [0, 0.05) is 12.3 Å². The van der Waals surface area contributed by atoms with Gasteiger partial charge in [-0.15, -0.1) is 0 Å². The minimum Gasteiger partial charge on any atom is -0.476 e. The first-order valence-electron chi connectivity index (χ1n) is 10.0. The number of amides is 1. The van der Waals surface area contributed by atoms with Gasteiger partial charge in [-0.25, -0.2) is 12.8 Å². The summed E-state index contributed by atoms with van der Waals surface area (Å²) in [7, 11) is -3.13. The van der Waals surface area contributed by atoms with Crippen molar-refractivity contribution < 1.29 is 22.3 Å². The topological polar surface area (TPSA) is 72.5 Å². The van der Waals surface area contributed by atoms with Crippen LogP contribution in [-0.4, -0.2) is 37.0 Å². The average molecular weight is 444 g/mol. The van der Waals surface area contributed by atoms with Crippen molar-refractivity contribution in [1.82, 2.24) is 5.32 Å². The van der Waals surface area contributed by atoms with Gasteiger partial charge in [-0.2, -0.15) is 0 Å². The van der Waals surface area contributed by atoms with Crippen molar-refractivity contribution in [1.29, 1.82) is 0 Å². The Morgan fingerprint density at radius 2 is 1.86 bits per heavy atom. The molecule has 0 saturated heterocycles. The van der Waals surface area contributed by atoms with Crippen molar-refractivity contribution in [2.75, 3.05) is 6.26 Å². The Bertz CT molecular complexity index is 932. The van der Waals surface area contributed by atoms with E-state index >= 15 is 0 Å². The Labute approximate surface area is 176 Å². The van der Waals surface area contributed by atoms with Crippen LogP contribution >= 0.6 is 11.6 Å². The quantitative estimate of drug-likeness (QED) is 0.752. The standard InChI is InChI=1S/C21H27ClFNO4S/c1-20(2,28-17-5-4-15(23)8-16(17)22)19(25)24-18-13-6-12-7-14(18)11-21(9-12,10-13)29(3,26)27/h4-5,8,12-14,18H,6-7,9-11H2,1-3H3,(H,24,25). The van der Waals surface area contributed by atoms with E-state index in [4.69, 9.17) is 16.3 Å². The van der Waals surface area contributed by atoms with Crippen LogP contribution in [0.5, 0.6) is 5.75 Å². The summed E-state index contributed by atoms with van der Waals surface area (Å²) < 4.78 is 43.4. The molecule has 0 heterocycles. The second kappa shape index (κ2) is 6.84. The van der Waals surface area contributed by atoms with Crippen molar-refractivity contribution in [3.05, 3.63) is 29.0 Å². The Morgan fingerprint density at radius 3 is 2.41 bits per heavy atom. The summed E-state index contributed by atoms with van der Waals surface area (Å²) in [6.45, 7) is 3.30. The number of hydrogen-bond acceptors (Lipinski definition) is 4. The Morgan fingerprint density at radius 1 is 1.24 bits per heavy atom. The summed E-state index contributed by atoms with van der Waals surface area (Å²) in [5.74, 6) is 0.268. The lowest BCUT2D eigenvalue weighted by molar-refractivity contribution is -0.137. The van der Waals surface area contributed by atoms with Crippen LogP contribution < -0.4 is 10.1 Å². The van der Waals surface area contributed by atoms with Crippen molar-refractivity contribution in [3.63, 3.8) is 0 Å². The lowest BCUT2D eigenvalue weighted by atomic mass is 9.53. The van der Waals surface area contributed by atoms with Crippen LogP contribution in [-0.2, 0) is 14.6 Å². The summed E-state index contributed by atoms with van der Waals surface area (Å²) in [5, 5.41) is 3.25. The number of ether oxygens (including phenoxy) is 1. The lowest BCUT2D eigenvalue weighted by Crippen LogP contribution is -2.65. The highest BCUT2D eigenvalue weighted by atomic mass is 35.5. The van der Waals surface area contributed by atoms with Gasteiger partial charge in [0.05, 0.1) is 9.77 Å². The second-order valence-corrected chi connectivity index (χ2v) is 12.4. The maximum Gasteiger partial charge on any atom is 0.263 e. The molecule has 8 heteroatoms. The summed E-state index contributed by atoms with van der Waals surface area (Å²) in [4.78, 5) is 13.0. The molecule has 160 valence electrons. The van der Waals surface area contributed by atoms with Crippen LogP contribution in [0, 0.1) is 23.6 Å². The summed E-state index contributed by atoms with van der Waals surface area (Å²) >= 11 is 6.04. The molecular formula is C21H27ClFNO4S. The number of carbonyl (C=O) groups excluding carboxylic acids is 1. The van der Waals surface area contributed by atoms with Gasteiger partial charge in [-0.1, -0.05) is 11.6 Å². The van der Waals surface area contributed by atoms with Gasteiger partial charge in [0.1, 0.15) is 11.6 Å². The molecular weight excluding hydrogens is 417 g/mol. The van der Waals surface area contributed by atoms with E-state index in [1.54, 1.807) is 13.8 Å².